The topological polar surface area (TPSA) is 55.8 Å². The van der Waals surface area contributed by atoms with Gasteiger partial charge in [-0.15, -0.1) is 0 Å². The van der Waals surface area contributed by atoms with E-state index in [-0.39, 0.29) is 6.03 Å². The van der Waals surface area contributed by atoms with Crippen molar-refractivity contribution in [1.29, 1.82) is 0 Å². The van der Waals surface area contributed by atoms with Crippen LogP contribution >= 0.6 is 0 Å². The summed E-state index contributed by atoms with van der Waals surface area (Å²) >= 11 is 0. The van der Waals surface area contributed by atoms with Gasteiger partial charge in [0.1, 0.15) is 0 Å². The molecule has 0 unspecified atom stereocenters. The Morgan fingerprint density at radius 1 is 1.20 bits per heavy atom. The third-order valence-electron chi connectivity index (χ3n) is 5.50. The highest BCUT2D eigenvalue weighted by Gasteiger charge is 2.38. The summed E-state index contributed by atoms with van der Waals surface area (Å²) in [7, 11) is 2.19. The predicted octanol–water partition coefficient (Wildman–Crippen LogP) is 1.78. The van der Waals surface area contributed by atoms with Crippen molar-refractivity contribution in [2.75, 3.05) is 33.2 Å². The Hall–Kier alpha value is -0.810. The second kappa shape index (κ2) is 5.90. The maximum Gasteiger partial charge on any atom is 0.341 e. The van der Waals surface area contributed by atoms with Gasteiger partial charge in [-0.25, -0.2) is 10.3 Å². The fourth-order valence-corrected chi connectivity index (χ4v) is 4.39. The normalized spacial score (nSPS) is 32.8. The molecular weight excluding hydrogens is 254 g/mol. The van der Waals surface area contributed by atoms with Crippen molar-refractivity contribution in [2.45, 2.75) is 32.1 Å². The van der Waals surface area contributed by atoms with E-state index in [4.69, 9.17) is 5.21 Å². The standard InChI is InChI=1S/C15H27N3O2/c1-17(8-14-9-18(10-14)15(19)16-20)3-2-11-4-12-6-13(5-11)7-12/h11-14,20H,2-10H2,1H3,(H,16,19). The molecule has 0 spiro atoms. The van der Waals surface area contributed by atoms with Gasteiger partial charge in [0, 0.05) is 25.6 Å². The monoisotopic (exact) mass is 281 g/mol. The van der Waals surface area contributed by atoms with Gasteiger partial charge in [0.05, 0.1) is 0 Å². The maximum atomic E-state index is 11.1. The largest absolute Gasteiger partial charge is 0.341 e. The number of carbonyl (C=O) groups is 1. The molecular formula is C15H27N3O2. The van der Waals surface area contributed by atoms with Gasteiger partial charge in [0.2, 0.25) is 0 Å². The molecule has 2 amide bonds. The van der Waals surface area contributed by atoms with E-state index >= 15 is 0 Å². The molecule has 0 atom stereocenters. The van der Waals surface area contributed by atoms with Crippen LogP contribution in [-0.4, -0.2) is 54.3 Å². The second-order valence-electron chi connectivity index (χ2n) is 7.28. The molecule has 0 radical (unpaired) electrons. The van der Waals surface area contributed by atoms with E-state index in [9.17, 15) is 4.79 Å². The molecule has 2 N–H and O–H groups in total. The number of urea groups is 1. The highest BCUT2D eigenvalue weighted by molar-refractivity contribution is 5.73. The van der Waals surface area contributed by atoms with Gasteiger partial charge in [-0.2, -0.15) is 0 Å². The van der Waals surface area contributed by atoms with E-state index < -0.39 is 0 Å². The van der Waals surface area contributed by atoms with Crippen LogP contribution in [0.25, 0.3) is 0 Å². The Labute approximate surface area is 121 Å². The lowest BCUT2D eigenvalue weighted by atomic mass is 9.61. The minimum atomic E-state index is -0.370. The number of nitrogens with one attached hydrogen (secondary N) is 1. The molecule has 1 heterocycles. The summed E-state index contributed by atoms with van der Waals surface area (Å²) in [5.74, 6) is 3.65. The number of carbonyl (C=O) groups excluding carboxylic acids is 1. The Morgan fingerprint density at radius 2 is 1.85 bits per heavy atom. The SMILES string of the molecule is CN(CCC1CC2CC(C1)C2)CC1CN(C(=O)NO)C1. The third kappa shape index (κ3) is 3.09. The van der Waals surface area contributed by atoms with Crippen molar-refractivity contribution in [3.05, 3.63) is 0 Å². The number of hydrogen-bond acceptors (Lipinski definition) is 3. The van der Waals surface area contributed by atoms with Crippen LogP contribution in [0, 0.1) is 23.7 Å². The van der Waals surface area contributed by atoms with Crippen LogP contribution in [0.1, 0.15) is 32.1 Å². The van der Waals surface area contributed by atoms with E-state index in [2.05, 4.69) is 11.9 Å². The molecule has 4 fully saturated rings. The van der Waals surface area contributed by atoms with Crippen molar-refractivity contribution in [1.82, 2.24) is 15.3 Å². The van der Waals surface area contributed by atoms with Crippen molar-refractivity contribution < 1.29 is 10.0 Å². The third-order valence-corrected chi connectivity index (χ3v) is 5.50. The summed E-state index contributed by atoms with van der Waals surface area (Å²) in [5.41, 5.74) is 1.69. The highest BCUT2D eigenvalue weighted by Crippen LogP contribution is 2.48. The first-order valence-corrected chi connectivity index (χ1v) is 8.01. The number of amides is 2. The molecule has 5 heteroatoms. The molecule has 4 rings (SSSR count). The zero-order chi connectivity index (χ0) is 14.1. The summed E-state index contributed by atoms with van der Waals surface area (Å²) in [4.78, 5) is 15.2. The summed E-state index contributed by atoms with van der Waals surface area (Å²) in [6, 6.07) is -0.370. The van der Waals surface area contributed by atoms with E-state index in [0.29, 0.717) is 5.92 Å². The van der Waals surface area contributed by atoms with Gasteiger partial charge in [-0.1, -0.05) is 0 Å². The summed E-state index contributed by atoms with van der Waals surface area (Å²) < 4.78 is 0. The quantitative estimate of drug-likeness (QED) is 0.596. The molecule has 114 valence electrons. The fraction of sp³-hybridized carbons (Fsp3) is 0.933. The van der Waals surface area contributed by atoms with Crippen LogP contribution in [0.4, 0.5) is 4.79 Å². The van der Waals surface area contributed by atoms with Gasteiger partial charge in [-0.3, -0.25) is 5.21 Å². The van der Waals surface area contributed by atoms with Crippen LogP contribution in [0.2, 0.25) is 0 Å². The minimum Gasteiger partial charge on any atom is -0.322 e. The summed E-state index contributed by atoms with van der Waals surface area (Å²) in [5, 5.41) is 8.54. The summed E-state index contributed by atoms with van der Waals surface area (Å²) in [6.45, 7) is 3.79. The van der Waals surface area contributed by atoms with Crippen LogP contribution < -0.4 is 5.48 Å². The number of fused-ring (bicyclic) bond motifs is 2. The molecule has 3 aliphatic carbocycles. The molecule has 2 bridgehead atoms. The molecule has 0 aromatic rings. The Kier molecular flexibility index (Phi) is 4.17. The van der Waals surface area contributed by atoms with Crippen molar-refractivity contribution in [3.8, 4) is 0 Å². The fourth-order valence-electron chi connectivity index (χ4n) is 4.39. The van der Waals surface area contributed by atoms with E-state index in [1.165, 1.54) is 38.6 Å². The molecule has 5 nitrogen and oxygen atoms in total. The Bertz CT molecular complexity index is 341. The average Bonchev–Trinajstić information content (AvgIpc) is 2.38. The van der Waals surface area contributed by atoms with E-state index in [0.717, 1.165) is 37.4 Å². The number of likely N-dealkylation sites (tertiary alicyclic amines) is 1. The molecule has 4 aliphatic rings. The zero-order valence-corrected chi connectivity index (χ0v) is 12.4. The van der Waals surface area contributed by atoms with Crippen molar-refractivity contribution >= 4 is 6.03 Å². The number of rotatable bonds is 5. The maximum absolute atomic E-state index is 11.1. The van der Waals surface area contributed by atoms with Crippen LogP contribution in [0.5, 0.6) is 0 Å². The van der Waals surface area contributed by atoms with Gasteiger partial charge in [0.25, 0.3) is 0 Å². The number of nitrogens with zero attached hydrogens (tertiary/aromatic N) is 2. The van der Waals surface area contributed by atoms with Gasteiger partial charge >= 0.3 is 6.03 Å². The van der Waals surface area contributed by atoms with Crippen molar-refractivity contribution in [2.24, 2.45) is 23.7 Å². The first-order chi connectivity index (χ1) is 9.64. The Balaban J connectivity index is 1.28. The van der Waals surface area contributed by atoms with Crippen molar-refractivity contribution in [3.63, 3.8) is 0 Å². The van der Waals surface area contributed by atoms with Gasteiger partial charge < -0.3 is 9.80 Å². The Morgan fingerprint density at radius 3 is 2.45 bits per heavy atom. The summed E-state index contributed by atoms with van der Waals surface area (Å²) in [6.07, 6.45) is 7.31. The molecule has 20 heavy (non-hydrogen) atoms. The predicted molar refractivity (Wildman–Crippen MR) is 76.4 cm³/mol. The number of hydrogen-bond donors (Lipinski definition) is 2. The molecule has 0 aromatic heterocycles. The first-order valence-electron chi connectivity index (χ1n) is 8.01. The highest BCUT2D eigenvalue weighted by atomic mass is 16.5. The first kappa shape index (κ1) is 14.1. The molecule has 3 saturated carbocycles. The second-order valence-corrected chi connectivity index (χ2v) is 7.28. The van der Waals surface area contributed by atoms with Gasteiger partial charge in [-0.05, 0) is 63.5 Å². The van der Waals surface area contributed by atoms with Gasteiger partial charge in [0.15, 0.2) is 0 Å². The van der Waals surface area contributed by atoms with Crippen LogP contribution in [-0.2, 0) is 0 Å². The lowest BCUT2D eigenvalue weighted by molar-refractivity contribution is 0.0511. The van der Waals surface area contributed by atoms with E-state index in [1.54, 1.807) is 10.4 Å². The molecule has 0 aromatic carbocycles. The molecule has 1 saturated heterocycles. The zero-order valence-electron chi connectivity index (χ0n) is 12.4. The average molecular weight is 281 g/mol. The lowest BCUT2D eigenvalue weighted by Crippen LogP contribution is -2.56. The smallest absolute Gasteiger partial charge is 0.322 e. The number of hydroxylamine groups is 1. The van der Waals surface area contributed by atoms with Crippen LogP contribution in [0.15, 0.2) is 0 Å². The lowest BCUT2D eigenvalue weighted by Gasteiger charge is -2.46. The minimum absolute atomic E-state index is 0.370. The van der Waals surface area contributed by atoms with Crippen LogP contribution in [0.3, 0.4) is 0 Å². The molecule has 1 aliphatic heterocycles. The van der Waals surface area contributed by atoms with E-state index in [1.807, 2.05) is 0 Å².